The third-order valence-electron chi connectivity index (χ3n) is 6.18. The Morgan fingerprint density at radius 1 is 1.04 bits per heavy atom. The van der Waals surface area contributed by atoms with Crippen molar-refractivity contribution >= 4 is 11.9 Å². The molecule has 25 heavy (non-hydrogen) atoms. The van der Waals surface area contributed by atoms with Crippen molar-refractivity contribution in [2.75, 3.05) is 26.2 Å². The van der Waals surface area contributed by atoms with Crippen LogP contribution in [0.2, 0.25) is 0 Å². The van der Waals surface area contributed by atoms with Crippen molar-refractivity contribution in [3.8, 4) is 0 Å². The highest BCUT2D eigenvalue weighted by Crippen LogP contribution is 2.49. The molecule has 0 unspecified atom stereocenters. The van der Waals surface area contributed by atoms with Crippen molar-refractivity contribution in [3.63, 3.8) is 0 Å². The number of rotatable bonds is 2. The van der Waals surface area contributed by atoms with Crippen LogP contribution in [-0.4, -0.2) is 63.9 Å². The van der Waals surface area contributed by atoms with E-state index >= 15 is 0 Å². The van der Waals surface area contributed by atoms with Gasteiger partial charge in [0, 0.05) is 44.6 Å². The topological polar surface area (TPSA) is 78.4 Å². The molecule has 3 heterocycles. The monoisotopic (exact) mass is 343 g/mol. The minimum absolute atomic E-state index is 0.146. The summed E-state index contributed by atoms with van der Waals surface area (Å²) in [7, 11) is 0. The van der Waals surface area contributed by atoms with Gasteiger partial charge in [0.1, 0.15) is 5.69 Å². The smallest absolute Gasteiger partial charge is 0.319 e. The Morgan fingerprint density at radius 3 is 2.36 bits per heavy atom. The van der Waals surface area contributed by atoms with Gasteiger partial charge in [-0.05, 0) is 43.9 Å². The van der Waals surface area contributed by atoms with Crippen LogP contribution in [0.5, 0.6) is 0 Å². The van der Waals surface area contributed by atoms with Crippen LogP contribution in [0.1, 0.15) is 49.0 Å². The maximum absolute atomic E-state index is 12.5. The number of urea groups is 1. The number of carbonyl (C=O) groups excluding carboxylic acids is 2. The van der Waals surface area contributed by atoms with E-state index < -0.39 is 0 Å². The van der Waals surface area contributed by atoms with Crippen LogP contribution in [0.15, 0.2) is 18.6 Å². The Balaban J connectivity index is 1.33. The molecule has 1 spiro atoms. The zero-order valence-electron chi connectivity index (χ0n) is 14.5. The molecule has 0 bridgehead atoms. The standard InChI is InChI=1S/C18H25N5O2/c24-16(14-13-19-7-8-20-14)21-15-3-4-18(15)5-11-23(12-6-18)17(25)22-9-1-2-10-22/h7-8,13,15H,1-6,9-12H2,(H,21,24)/t15-/m1/s1. The van der Waals surface area contributed by atoms with Gasteiger partial charge in [0.25, 0.3) is 5.91 Å². The van der Waals surface area contributed by atoms with E-state index in [1.807, 2.05) is 9.80 Å². The molecule has 2 saturated heterocycles. The van der Waals surface area contributed by atoms with Crippen LogP contribution in [0.25, 0.3) is 0 Å². The van der Waals surface area contributed by atoms with Crippen molar-refractivity contribution in [2.24, 2.45) is 5.41 Å². The highest BCUT2D eigenvalue weighted by Gasteiger charge is 2.49. The van der Waals surface area contributed by atoms with E-state index in [4.69, 9.17) is 0 Å². The Labute approximate surface area is 147 Å². The average molecular weight is 343 g/mol. The molecule has 7 nitrogen and oxygen atoms in total. The number of amides is 3. The predicted octanol–water partition coefficient (Wildman–Crippen LogP) is 1.67. The molecule has 1 aliphatic carbocycles. The van der Waals surface area contributed by atoms with Gasteiger partial charge in [-0.2, -0.15) is 0 Å². The molecule has 3 amide bonds. The summed E-state index contributed by atoms with van der Waals surface area (Å²) in [6, 6.07) is 0.387. The van der Waals surface area contributed by atoms with E-state index in [1.54, 1.807) is 6.20 Å². The first-order chi connectivity index (χ1) is 12.2. The van der Waals surface area contributed by atoms with Crippen LogP contribution in [-0.2, 0) is 0 Å². The zero-order chi connectivity index (χ0) is 17.3. The van der Waals surface area contributed by atoms with Gasteiger partial charge in [-0.15, -0.1) is 0 Å². The normalized spacial score (nSPS) is 24.9. The van der Waals surface area contributed by atoms with Crippen molar-refractivity contribution in [1.82, 2.24) is 25.1 Å². The maximum Gasteiger partial charge on any atom is 0.319 e. The number of carbonyl (C=O) groups is 2. The molecule has 1 N–H and O–H groups in total. The number of likely N-dealkylation sites (tertiary alicyclic amines) is 2. The second-order valence-corrected chi connectivity index (χ2v) is 7.48. The summed E-state index contributed by atoms with van der Waals surface area (Å²) in [5, 5.41) is 3.14. The molecule has 3 aliphatic rings. The summed E-state index contributed by atoms with van der Waals surface area (Å²) >= 11 is 0. The first-order valence-corrected chi connectivity index (χ1v) is 9.29. The largest absolute Gasteiger partial charge is 0.347 e. The van der Waals surface area contributed by atoms with Gasteiger partial charge in [-0.1, -0.05) is 0 Å². The lowest BCUT2D eigenvalue weighted by Gasteiger charge is -2.54. The minimum atomic E-state index is -0.146. The highest BCUT2D eigenvalue weighted by atomic mass is 16.2. The highest BCUT2D eigenvalue weighted by molar-refractivity contribution is 5.92. The number of nitrogens with one attached hydrogen (secondary N) is 1. The summed E-state index contributed by atoms with van der Waals surface area (Å²) in [4.78, 5) is 36.9. The van der Waals surface area contributed by atoms with Gasteiger partial charge in [-0.3, -0.25) is 9.78 Å². The molecule has 1 atom stereocenters. The quantitative estimate of drug-likeness (QED) is 0.886. The summed E-state index contributed by atoms with van der Waals surface area (Å²) < 4.78 is 0. The van der Waals surface area contributed by atoms with E-state index in [0.717, 1.165) is 64.7 Å². The van der Waals surface area contributed by atoms with Gasteiger partial charge < -0.3 is 15.1 Å². The second kappa shape index (κ2) is 6.61. The molecular weight excluding hydrogens is 318 g/mol. The SMILES string of the molecule is O=C(N[C@@H]1CCC12CCN(C(=O)N1CCCC1)CC2)c1cnccn1. The fraction of sp³-hybridized carbons (Fsp3) is 0.667. The molecule has 0 radical (unpaired) electrons. The van der Waals surface area contributed by atoms with Crippen LogP contribution in [0.4, 0.5) is 4.79 Å². The first kappa shape index (κ1) is 16.3. The van der Waals surface area contributed by atoms with E-state index in [-0.39, 0.29) is 23.4 Å². The summed E-state index contributed by atoms with van der Waals surface area (Å²) in [6.07, 6.45) is 10.9. The molecule has 1 saturated carbocycles. The number of aromatic nitrogens is 2. The Bertz CT molecular complexity index is 636. The van der Waals surface area contributed by atoms with Crippen LogP contribution in [0, 0.1) is 5.41 Å². The average Bonchev–Trinajstić information content (AvgIpc) is 3.20. The molecule has 1 aromatic heterocycles. The Kier molecular flexibility index (Phi) is 4.31. The summed E-state index contributed by atoms with van der Waals surface area (Å²) in [5.74, 6) is -0.146. The van der Waals surface area contributed by atoms with E-state index in [0.29, 0.717) is 5.69 Å². The van der Waals surface area contributed by atoms with Gasteiger partial charge in [0.15, 0.2) is 0 Å². The summed E-state index contributed by atoms with van der Waals surface area (Å²) in [6.45, 7) is 3.40. The second-order valence-electron chi connectivity index (χ2n) is 7.48. The maximum atomic E-state index is 12.5. The van der Waals surface area contributed by atoms with Gasteiger partial charge in [0.05, 0.1) is 6.20 Å². The number of hydrogen-bond acceptors (Lipinski definition) is 4. The van der Waals surface area contributed by atoms with Gasteiger partial charge in [0.2, 0.25) is 0 Å². The Morgan fingerprint density at radius 2 is 1.76 bits per heavy atom. The lowest BCUT2D eigenvalue weighted by atomic mass is 9.59. The third kappa shape index (κ3) is 3.07. The van der Waals surface area contributed by atoms with Crippen LogP contribution >= 0.6 is 0 Å². The molecular formula is C18H25N5O2. The molecule has 2 aliphatic heterocycles. The number of hydrogen-bond donors (Lipinski definition) is 1. The van der Waals surface area contributed by atoms with Crippen LogP contribution in [0.3, 0.4) is 0 Å². The predicted molar refractivity (Wildman–Crippen MR) is 92.0 cm³/mol. The molecule has 0 aromatic carbocycles. The van der Waals surface area contributed by atoms with Crippen molar-refractivity contribution < 1.29 is 9.59 Å². The fourth-order valence-corrected chi connectivity index (χ4v) is 4.42. The lowest BCUT2D eigenvalue weighted by molar-refractivity contribution is 0.00111. The molecule has 1 aromatic rings. The van der Waals surface area contributed by atoms with Crippen LogP contribution < -0.4 is 5.32 Å². The fourth-order valence-electron chi connectivity index (χ4n) is 4.42. The molecule has 4 rings (SSSR count). The lowest BCUT2D eigenvalue weighted by Crippen LogP contribution is -2.60. The van der Waals surface area contributed by atoms with Crippen molar-refractivity contribution in [1.29, 1.82) is 0 Å². The molecule has 3 fully saturated rings. The van der Waals surface area contributed by atoms with E-state index in [1.165, 1.54) is 12.4 Å². The third-order valence-corrected chi connectivity index (χ3v) is 6.18. The first-order valence-electron chi connectivity index (χ1n) is 9.29. The van der Waals surface area contributed by atoms with Crippen molar-refractivity contribution in [2.45, 2.75) is 44.6 Å². The number of nitrogens with zero attached hydrogens (tertiary/aromatic N) is 4. The van der Waals surface area contributed by atoms with E-state index in [9.17, 15) is 9.59 Å². The number of piperidine rings is 1. The summed E-state index contributed by atoms with van der Waals surface area (Å²) in [5.41, 5.74) is 0.519. The molecule has 134 valence electrons. The van der Waals surface area contributed by atoms with Crippen molar-refractivity contribution in [3.05, 3.63) is 24.3 Å². The van der Waals surface area contributed by atoms with Gasteiger partial charge >= 0.3 is 6.03 Å². The Hall–Kier alpha value is -2.18. The van der Waals surface area contributed by atoms with Gasteiger partial charge in [-0.25, -0.2) is 9.78 Å². The minimum Gasteiger partial charge on any atom is -0.347 e. The van der Waals surface area contributed by atoms with E-state index in [2.05, 4.69) is 15.3 Å². The molecule has 7 heteroatoms. The zero-order valence-corrected chi connectivity index (χ0v) is 14.5.